The van der Waals surface area contributed by atoms with Gasteiger partial charge in [-0.15, -0.1) is 0 Å². The van der Waals surface area contributed by atoms with Crippen LogP contribution in [0.15, 0.2) is 68.7 Å². The lowest BCUT2D eigenvalue weighted by molar-refractivity contribution is -0.138. The second kappa shape index (κ2) is 9.70. The lowest BCUT2D eigenvalue weighted by atomic mass is 10.1. The number of sulfonamides is 1. The molecule has 172 valence electrons. The fourth-order valence-corrected chi connectivity index (χ4v) is 4.91. The fraction of sp³-hybridized carbons (Fsp3) is 0.250. The summed E-state index contributed by atoms with van der Waals surface area (Å²) in [6, 6.07) is 13.0. The maximum atomic E-state index is 12.7. The smallest absolute Gasteiger partial charge is 0.336 e. The van der Waals surface area contributed by atoms with Crippen LogP contribution < -0.4 is 5.63 Å². The number of morpholine rings is 1. The van der Waals surface area contributed by atoms with Gasteiger partial charge in [-0.05, 0) is 42.3 Å². The summed E-state index contributed by atoms with van der Waals surface area (Å²) in [6.45, 7) is 3.23. The summed E-state index contributed by atoms with van der Waals surface area (Å²) in [5.41, 5.74) is 2.08. The molecule has 0 unspecified atom stereocenters. The monoisotopic (exact) mass is 469 g/mol. The van der Waals surface area contributed by atoms with E-state index in [1.807, 2.05) is 19.1 Å². The maximum absolute atomic E-state index is 12.7. The summed E-state index contributed by atoms with van der Waals surface area (Å²) in [4.78, 5) is 24.2. The van der Waals surface area contributed by atoms with E-state index in [1.54, 1.807) is 18.2 Å². The summed E-state index contributed by atoms with van der Waals surface area (Å²) in [5.74, 6) is -0.589. The van der Waals surface area contributed by atoms with Crippen molar-refractivity contribution in [2.24, 2.45) is 0 Å². The van der Waals surface area contributed by atoms with E-state index < -0.39 is 21.6 Å². The molecule has 0 saturated carbocycles. The van der Waals surface area contributed by atoms with E-state index in [-0.39, 0.29) is 11.5 Å². The SMILES string of the molecule is Cc1ccc2c(COC(=O)C=Cc3ccc(S(=O)(=O)N4CCOCC4)cc3)cc(=O)oc2c1. The number of aryl methyl sites for hydroxylation is 1. The molecule has 0 radical (unpaired) electrons. The molecular formula is C24H23NO7S. The van der Waals surface area contributed by atoms with E-state index in [0.717, 1.165) is 5.56 Å². The third-order valence-corrected chi connectivity index (χ3v) is 7.17. The molecule has 2 aromatic carbocycles. The van der Waals surface area contributed by atoms with Crippen LogP contribution in [0.1, 0.15) is 16.7 Å². The highest BCUT2D eigenvalue weighted by Gasteiger charge is 2.25. The van der Waals surface area contributed by atoms with Crippen LogP contribution in [0.3, 0.4) is 0 Å². The third-order valence-electron chi connectivity index (χ3n) is 5.26. The van der Waals surface area contributed by atoms with Crippen molar-refractivity contribution in [1.29, 1.82) is 0 Å². The van der Waals surface area contributed by atoms with Crippen molar-refractivity contribution in [3.63, 3.8) is 0 Å². The van der Waals surface area contributed by atoms with Crippen molar-refractivity contribution >= 4 is 33.0 Å². The van der Waals surface area contributed by atoms with Crippen LogP contribution in [0.25, 0.3) is 17.0 Å². The van der Waals surface area contributed by atoms with Gasteiger partial charge < -0.3 is 13.9 Å². The van der Waals surface area contributed by atoms with Crippen molar-refractivity contribution in [2.45, 2.75) is 18.4 Å². The predicted octanol–water partition coefficient (Wildman–Crippen LogP) is 2.88. The number of esters is 1. The summed E-state index contributed by atoms with van der Waals surface area (Å²) < 4.78 is 42.4. The Bertz CT molecular complexity index is 1350. The first kappa shape index (κ1) is 22.9. The minimum Gasteiger partial charge on any atom is -0.458 e. The number of carbonyl (C=O) groups excluding carboxylic acids is 1. The van der Waals surface area contributed by atoms with Crippen LogP contribution in [0.4, 0.5) is 0 Å². The molecule has 9 heteroatoms. The Hall–Kier alpha value is -3.27. The van der Waals surface area contributed by atoms with Gasteiger partial charge in [-0.2, -0.15) is 4.31 Å². The molecule has 0 atom stereocenters. The standard InChI is InChI=1S/C24H23NO7S/c1-17-2-8-21-19(15-24(27)32-22(21)14-17)16-31-23(26)9-5-18-3-6-20(7-4-18)33(28,29)25-10-12-30-13-11-25/h2-9,14-15H,10-13,16H2,1H3. The predicted molar refractivity (Wildman–Crippen MR) is 122 cm³/mol. The Morgan fingerprint density at radius 3 is 2.55 bits per heavy atom. The van der Waals surface area contributed by atoms with Crippen LogP contribution in [0.5, 0.6) is 0 Å². The van der Waals surface area contributed by atoms with Gasteiger partial charge in [0.25, 0.3) is 0 Å². The molecule has 1 fully saturated rings. The largest absolute Gasteiger partial charge is 0.458 e. The van der Waals surface area contributed by atoms with Crippen LogP contribution >= 0.6 is 0 Å². The Balaban J connectivity index is 1.40. The van der Waals surface area contributed by atoms with E-state index in [9.17, 15) is 18.0 Å². The molecule has 1 aliphatic heterocycles. The minimum absolute atomic E-state index is 0.0783. The second-order valence-electron chi connectivity index (χ2n) is 7.62. The molecule has 4 rings (SSSR count). The Morgan fingerprint density at radius 1 is 1.09 bits per heavy atom. The highest BCUT2D eigenvalue weighted by atomic mass is 32.2. The fourth-order valence-electron chi connectivity index (χ4n) is 3.50. The summed E-state index contributed by atoms with van der Waals surface area (Å²) in [5, 5.41) is 0.703. The van der Waals surface area contributed by atoms with Gasteiger partial charge in [-0.1, -0.05) is 24.3 Å². The van der Waals surface area contributed by atoms with E-state index in [2.05, 4.69) is 0 Å². The summed E-state index contributed by atoms with van der Waals surface area (Å²) in [7, 11) is -3.57. The van der Waals surface area contributed by atoms with E-state index in [1.165, 1.54) is 34.7 Å². The Kier molecular flexibility index (Phi) is 6.73. The number of hydrogen-bond donors (Lipinski definition) is 0. The van der Waals surface area contributed by atoms with E-state index in [0.29, 0.717) is 48.4 Å². The number of fused-ring (bicyclic) bond motifs is 1. The lowest BCUT2D eigenvalue weighted by Crippen LogP contribution is -2.40. The average molecular weight is 470 g/mol. The minimum atomic E-state index is -3.57. The van der Waals surface area contributed by atoms with Gasteiger partial charge in [0.1, 0.15) is 12.2 Å². The van der Waals surface area contributed by atoms with Gasteiger partial charge in [0, 0.05) is 36.2 Å². The molecule has 1 aliphatic rings. The molecule has 3 aromatic rings. The zero-order chi connectivity index (χ0) is 23.4. The first-order valence-corrected chi connectivity index (χ1v) is 11.8. The molecule has 0 spiro atoms. The summed E-state index contributed by atoms with van der Waals surface area (Å²) >= 11 is 0. The highest BCUT2D eigenvalue weighted by Crippen LogP contribution is 2.20. The van der Waals surface area contributed by atoms with Crippen molar-refractivity contribution < 1.29 is 27.1 Å². The maximum Gasteiger partial charge on any atom is 0.336 e. The highest BCUT2D eigenvalue weighted by molar-refractivity contribution is 7.89. The van der Waals surface area contributed by atoms with Gasteiger partial charge >= 0.3 is 11.6 Å². The molecule has 8 nitrogen and oxygen atoms in total. The van der Waals surface area contributed by atoms with E-state index in [4.69, 9.17) is 13.9 Å². The molecule has 2 heterocycles. The van der Waals surface area contributed by atoms with Crippen LogP contribution in [0.2, 0.25) is 0 Å². The van der Waals surface area contributed by atoms with Crippen molar-refractivity contribution in [3.05, 3.63) is 81.7 Å². The van der Waals surface area contributed by atoms with Crippen molar-refractivity contribution in [1.82, 2.24) is 4.31 Å². The summed E-state index contributed by atoms with van der Waals surface area (Å²) in [6.07, 6.45) is 2.79. The van der Waals surface area contributed by atoms with Crippen LogP contribution in [0, 0.1) is 6.92 Å². The average Bonchev–Trinajstić information content (AvgIpc) is 2.81. The zero-order valence-corrected chi connectivity index (χ0v) is 18.8. The van der Waals surface area contributed by atoms with E-state index >= 15 is 0 Å². The number of rotatable bonds is 6. The van der Waals surface area contributed by atoms with Gasteiger partial charge in [-0.3, -0.25) is 0 Å². The molecule has 0 amide bonds. The van der Waals surface area contributed by atoms with Crippen LogP contribution in [-0.4, -0.2) is 45.0 Å². The molecule has 33 heavy (non-hydrogen) atoms. The normalized spacial score (nSPS) is 15.2. The third kappa shape index (κ3) is 5.39. The first-order chi connectivity index (χ1) is 15.8. The number of carbonyl (C=O) groups is 1. The Morgan fingerprint density at radius 2 is 1.82 bits per heavy atom. The molecule has 1 aromatic heterocycles. The molecule has 0 N–H and O–H groups in total. The first-order valence-electron chi connectivity index (χ1n) is 10.4. The molecular weight excluding hydrogens is 446 g/mol. The van der Waals surface area contributed by atoms with Gasteiger partial charge in [0.15, 0.2) is 0 Å². The van der Waals surface area contributed by atoms with Gasteiger partial charge in [0.2, 0.25) is 10.0 Å². The number of nitrogens with zero attached hydrogens (tertiary/aromatic N) is 1. The van der Waals surface area contributed by atoms with Gasteiger partial charge in [-0.25, -0.2) is 18.0 Å². The number of hydrogen-bond acceptors (Lipinski definition) is 7. The quantitative estimate of drug-likeness (QED) is 0.311. The second-order valence-corrected chi connectivity index (χ2v) is 9.55. The van der Waals surface area contributed by atoms with Gasteiger partial charge in [0.05, 0.1) is 18.1 Å². The number of benzene rings is 2. The topological polar surface area (TPSA) is 103 Å². The lowest BCUT2D eigenvalue weighted by Gasteiger charge is -2.26. The molecule has 0 bridgehead atoms. The Labute approximate surface area is 191 Å². The van der Waals surface area contributed by atoms with Crippen LogP contribution in [-0.2, 0) is 30.9 Å². The molecule has 0 aliphatic carbocycles. The van der Waals surface area contributed by atoms with Crippen molar-refractivity contribution in [2.75, 3.05) is 26.3 Å². The van der Waals surface area contributed by atoms with Crippen molar-refractivity contribution in [3.8, 4) is 0 Å². The molecule has 1 saturated heterocycles. The number of ether oxygens (including phenoxy) is 2. The zero-order valence-electron chi connectivity index (χ0n) is 18.0.